The van der Waals surface area contributed by atoms with Crippen molar-refractivity contribution in [2.75, 3.05) is 7.11 Å². The molecule has 1 rings (SSSR count). The average Bonchev–Trinajstić information content (AvgIpc) is 2.58. The highest BCUT2D eigenvalue weighted by atomic mass is 19.4. The van der Waals surface area contributed by atoms with Crippen LogP contribution in [0.5, 0.6) is 0 Å². The fourth-order valence-corrected chi connectivity index (χ4v) is 1.69. The van der Waals surface area contributed by atoms with E-state index in [9.17, 15) is 28.1 Å². The molecule has 6 nitrogen and oxygen atoms in total. The van der Waals surface area contributed by atoms with Crippen molar-refractivity contribution in [1.29, 1.82) is 0 Å². The molecule has 0 spiro atoms. The first-order valence-electron chi connectivity index (χ1n) is 5.94. The summed E-state index contributed by atoms with van der Waals surface area (Å²) in [7, 11) is 1.22. The van der Waals surface area contributed by atoms with E-state index in [2.05, 4.69) is 0 Å². The van der Waals surface area contributed by atoms with Gasteiger partial charge in [0.1, 0.15) is 5.76 Å². The number of carboxylic acid groups (broad SMARTS) is 1. The Balaban J connectivity index is 3.19. The highest BCUT2D eigenvalue weighted by Crippen LogP contribution is 2.28. The Labute approximate surface area is 123 Å². The zero-order chi connectivity index (χ0) is 16.9. The van der Waals surface area contributed by atoms with E-state index in [0.29, 0.717) is 0 Å². The molecule has 120 valence electrons. The first-order valence-corrected chi connectivity index (χ1v) is 5.94. The highest BCUT2D eigenvalue weighted by molar-refractivity contribution is 5.87. The van der Waals surface area contributed by atoms with Gasteiger partial charge in [0, 0.05) is 17.2 Å². The molecule has 0 fully saturated rings. The zero-order valence-electron chi connectivity index (χ0n) is 11.4. The van der Waals surface area contributed by atoms with Crippen molar-refractivity contribution in [3.8, 4) is 0 Å². The average molecular weight is 319 g/mol. The number of carboxylic acids is 1. The molecule has 0 saturated carbocycles. The summed E-state index contributed by atoms with van der Waals surface area (Å²) in [6.07, 6.45) is -2.05. The molecule has 22 heavy (non-hydrogen) atoms. The molecule has 0 saturated heterocycles. The largest absolute Gasteiger partial charge is 0.496 e. The van der Waals surface area contributed by atoms with Crippen LogP contribution in [0.2, 0.25) is 0 Å². The first-order chi connectivity index (χ1) is 10.1. The van der Waals surface area contributed by atoms with Gasteiger partial charge < -0.3 is 9.84 Å². The van der Waals surface area contributed by atoms with Gasteiger partial charge in [0.15, 0.2) is 0 Å². The lowest BCUT2D eigenvalue weighted by molar-refractivity contribution is -0.426. The van der Waals surface area contributed by atoms with Crippen LogP contribution in [-0.4, -0.2) is 29.3 Å². The van der Waals surface area contributed by atoms with Crippen molar-refractivity contribution in [3.63, 3.8) is 0 Å². The Kier molecular flexibility index (Phi) is 5.50. The SMILES string of the molecule is COC1=CC=C([N+](=O)[O-])CC=C1/C=C(\CC(F)(F)F)C(=O)O. The number of aliphatic carboxylic acids is 1. The van der Waals surface area contributed by atoms with Gasteiger partial charge in [-0.1, -0.05) is 6.08 Å². The Morgan fingerprint density at radius 1 is 1.50 bits per heavy atom. The van der Waals surface area contributed by atoms with Crippen molar-refractivity contribution >= 4 is 5.97 Å². The van der Waals surface area contributed by atoms with Crippen LogP contribution in [0, 0.1) is 10.1 Å². The molecule has 1 aliphatic carbocycles. The number of rotatable bonds is 5. The maximum Gasteiger partial charge on any atom is 0.393 e. The number of allylic oxidation sites excluding steroid dienone is 4. The molecule has 0 radical (unpaired) electrons. The predicted octanol–water partition coefficient (Wildman–Crippen LogP) is 2.97. The summed E-state index contributed by atoms with van der Waals surface area (Å²) in [4.78, 5) is 21.0. The number of halogens is 3. The van der Waals surface area contributed by atoms with Crippen molar-refractivity contribution in [1.82, 2.24) is 0 Å². The lowest BCUT2D eigenvalue weighted by atomic mass is 10.1. The minimum atomic E-state index is -4.68. The van der Waals surface area contributed by atoms with Gasteiger partial charge in [0.05, 0.1) is 24.9 Å². The van der Waals surface area contributed by atoms with Crippen LogP contribution in [0.25, 0.3) is 0 Å². The third-order valence-electron chi connectivity index (χ3n) is 2.69. The van der Waals surface area contributed by atoms with Gasteiger partial charge in [-0.05, 0) is 12.2 Å². The van der Waals surface area contributed by atoms with Crippen LogP contribution in [0.3, 0.4) is 0 Å². The first kappa shape index (κ1) is 17.5. The van der Waals surface area contributed by atoms with Gasteiger partial charge in [-0.3, -0.25) is 10.1 Å². The fourth-order valence-electron chi connectivity index (χ4n) is 1.69. The highest BCUT2D eigenvalue weighted by Gasteiger charge is 2.31. The lowest BCUT2D eigenvalue weighted by Crippen LogP contribution is -2.14. The van der Waals surface area contributed by atoms with E-state index in [1.165, 1.54) is 19.3 Å². The van der Waals surface area contributed by atoms with Gasteiger partial charge in [0.25, 0.3) is 0 Å². The maximum absolute atomic E-state index is 12.4. The summed E-state index contributed by atoms with van der Waals surface area (Å²) in [5.74, 6) is -1.68. The number of alkyl halides is 3. The third kappa shape index (κ3) is 5.08. The molecule has 0 amide bonds. The summed E-state index contributed by atoms with van der Waals surface area (Å²) in [6.45, 7) is 0. The van der Waals surface area contributed by atoms with E-state index < -0.39 is 29.1 Å². The molecule has 1 N–H and O–H groups in total. The molecule has 0 aliphatic heterocycles. The molecule has 0 atom stereocenters. The smallest absolute Gasteiger partial charge is 0.393 e. The predicted molar refractivity (Wildman–Crippen MR) is 69.3 cm³/mol. The quantitative estimate of drug-likeness (QED) is 0.478. The number of carbonyl (C=O) groups is 1. The molecule has 9 heteroatoms. The lowest BCUT2D eigenvalue weighted by Gasteiger charge is -2.10. The number of methoxy groups -OCH3 is 1. The summed E-state index contributed by atoms with van der Waals surface area (Å²) in [5, 5.41) is 19.6. The fraction of sp³-hybridized carbons (Fsp3) is 0.308. The van der Waals surface area contributed by atoms with E-state index in [1.54, 1.807) is 0 Å². The summed E-state index contributed by atoms with van der Waals surface area (Å²) < 4.78 is 42.1. The van der Waals surface area contributed by atoms with Gasteiger partial charge in [-0.25, -0.2) is 4.79 Å². The second kappa shape index (κ2) is 6.92. The molecule has 1 aliphatic rings. The van der Waals surface area contributed by atoms with Gasteiger partial charge in [-0.2, -0.15) is 13.2 Å². The molecule has 0 aromatic rings. The molecular weight excluding hydrogens is 307 g/mol. The van der Waals surface area contributed by atoms with E-state index in [4.69, 9.17) is 9.84 Å². The van der Waals surface area contributed by atoms with E-state index >= 15 is 0 Å². The summed E-state index contributed by atoms with van der Waals surface area (Å²) in [5.41, 5.74) is -1.03. The second-order valence-electron chi connectivity index (χ2n) is 4.28. The van der Waals surface area contributed by atoms with Crippen molar-refractivity contribution in [2.24, 2.45) is 0 Å². The number of hydrogen-bond acceptors (Lipinski definition) is 4. The Morgan fingerprint density at radius 2 is 2.14 bits per heavy atom. The number of nitro groups is 1. The van der Waals surface area contributed by atoms with Crippen LogP contribution in [0.1, 0.15) is 12.8 Å². The molecule has 0 bridgehead atoms. The standard InChI is InChI=1S/C13H12F3NO5/c1-22-11-5-4-10(17(20)21)3-2-8(11)6-9(12(18)19)7-13(14,15)16/h2,4-6H,3,7H2,1H3,(H,18,19)/b9-6+. The van der Waals surface area contributed by atoms with Gasteiger partial charge in [0.2, 0.25) is 5.70 Å². The van der Waals surface area contributed by atoms with E-state index in [1.807, 2.05) is 0 Å². The van der Waals surface area contributed by atoms with Crippen LogP contribution in [0.15, 0.2) is 46.9 Å². The van der Waals surface area contributed by atoms with Crippen LogP contribution in [-0.2, 0) is 9.53 Å². The number of ether oxygens (including phenoxy) is 1. The maximum atomic E-state index is 12.4. The Bertz CT molecular complexity index is 599. The van der Waals surface area contributed by atoms with Crippen LogP contribution >= 0.6 is 0 Å². The molecule has 0 aromatic heterocycles. The molecule has 0 heterocycles. The molecular formula is C13H12F3NO5. The monoisotopic (exact) mass is 319 g/mol. The molecule has 0 unspecified atom stereocenters. The Hall–Kier alpha value is -2.58. The third-order valence-corrected chi connectivity index (χ3v) is 2.69. The van der Waals surface area contributed by atoms with Crippen LogP contribution in [0.4, 0.5) is 13.2 Å². The number of nitrogens with zero attached hydrogens (tertiary/aromatic N) is 1. The van der Waals surface area contributed by atoms with Gasteiger partial charge in [-0.15, -0.1) is 0 Å². The molecule has 0 aromatic carbocycles. The van der Waals surface area contributed by atoms with E-state index in [-0.39, 0.29) is 23.5 Å². The van der Waals surface area contributed by atoms with E-state index in [0.717, 1.165) is 12.2 Å². The topological polar surface area (TPSA) is 89.7 Å². The summed E-state index contributed by atoms with van der Waals surface area (Å²) in [6, 6.07) is 0. The minimum Gasteiger partial charge on any atom is -0.496 e. The number of hydrogen-bond donors (Lipinski definition) is 1. The zero-order valence-corrected chi connectivity index (χ0v) is 11.4. The Morgan fingerprint density at radius 3 is 2.59 bits per heavy atom. The van der Waals surface area contributed by atoms with Crippen LogP contribution < -0.4 is 0 Å². The van der Waals surface area contributed by atoms with Crippen molar-refractivity contribution in [3.05, 3.63) is 57.0 Å². The van der Waals surface area contributed by atoms with Gasteiger partial charge >= 0.3 is 12.1 Å². The summed E-state index contributed by atoms with van der Waals surface area (Å²) >= 11 is 0. The second-order valence-corrected chi connectivity index (χ2v) is 4.28. The van der Waals surface area contributed by atoms with Crippen molar-refractivity contribution < 1.29 is 32.7 Å². The normalized spacial score (nSPS) is 16.2. The van der Waals surface area contributed by atoms with Crippen molar-refractivity contribution in [2.45, 2.75) is 19.0 Å². The minimum absolute atomic E-state index is 0.0391.